The zero-order valence-electron chi connectivity index (χ0n) is 45.5. The molecule has 0 aliphatic carbocycles. The first-order valence-corrected chi connectivity index (χ1v) is 29.8. The van der Waals surface area contributed by atoms with Crippen LogP contribution < -0.4 is 0 Å². The van der Waals surface area contributed by atoms with Gasteiger partial charge in [0.1, 0.15) is 0 Å². The molecule has 0 saturated heterocycles. The van der Waals surface area contributed by atoms with Crippen LogP contribution in [0.15, 0.2) is 82.8 Å². The first kappa shape index (κ1) is 63.8. The van der Waals surface area contributed by atoms with Gasteiger partial charge in [-0.25, -0.2) is 0 Å². The number of benzene rings is 2. The van der Waals surface area contributed by atoms with E-state index in [-0.39, 0.29) is 16.5 Å². The largest absolute Gasteiger partial charge is 0.251 e. The van der Waals surface area contributed by atoms with Crippen molar-refractivity contribution in [1.82, 2.24) is 0 Å². The van der Waals surface area contributed by atoms with Crippen molar-refractivity contribution in [3.63, 3.8) is 0 Å². The fourth-order valence-electron chi connectivity index (χ4n) is 9.67. The molecule has 0 radical (unpaired) electrons. The Morgan fingerprint density at radius 1 is 0.324 bits per heavy atom. The normalized spacial score (nSPS) is 12.2. The molecule has 0 saturated carbocycles. The molecule has 2 aromatic rings. The molecule has 0 aliphatic heterocycles. The van der Waals surface area contributed by atoms with Crippen LogP contribution in [0.4, 0.5) is 11.4 Å². The van der Waals surface area contributed by atoms with Gasteiger partial charge in [0.05, 0.1) is 22.8 Å². The van der Waals surface area contributed by atoms with Gasteiger partial charge in [0, 0.05) is 16.5 Å². The molecular formula is C65H110N2Ni. The van der Waals surface area contributed by atoms with Crippen molar-refractivity contribution in [1.29, 1.82) is 0 Å². The second kappa shape index (κ2) is 49.7. The summed E-state index contributed by atoms with van der Waals surface area (Å²) in [5, 5.41) is 0. The number of rotatable bonds is 48. The van der Waals surface area contributed by atoms with E-state index in [1.165, 1.54) is 248 Å². The minimum absolute atomic E-state index is 0. The van der Waals surface area contributed by atoms with Gasteiger partial charge in [0.15, 0.2) is 0 Å². The maximum Gasteiger partial charge on any atom is 0.0665 e. The summed E-state index contributed by atoms with van der Waals surface area (Å²) in [6.07, 6.45) is 67.4. The maximum atomic E-state index is 5.45. The molecule has 0 heterocycles. The van der Waals surface area contributed by atoms with Gasteiger partial charge in [-0.05, 0) is 107 Å². The van der Waals surface area contributed by atoms with E-state index in [4.69, 9.17) is 9.98 Å². The SMILES string of the molecule is CCCCCCCCCCCCCCCCC/C=C/CCCc1ccccc1N=C(CC)C(CCCCC)=Nc1ccccc1CCC/C=C/CCCCCCCCCCCCCCCCC.[Ni]. The molecule has 0 spiro atoms. The summed E-state index contributed by atoms with van der Waals surface area (Å²) in [7, 11) is 0. The standard InChI is InChI=1S/C65H110N2.Ni/c1-5-9-12-14-16-18-20-22-24-26-28-30-32-34-36-38-40-42-44-47-53-60-55-49-51-57-63(60)66-62(8-4)65(59-46-11-7-3)67-64-58-52-50-56-61(64)54-48-45-43-41-39-37-35-33-31-29-27-25-23-21-19-17-15-13-10-6-2;/h40-43,49-52,55-58H,5-39,44-48,53-54,59H2,1-4H3;/b42-40+,43-41+,66-62?,67-65?;. The van der Waals surface area contributed by atoms with Crippen LogP contribution >= 0.6 is 0 Å². The molecule has 3 heteroatoms. The van der Waals surface area contributed by atoms with E-state index < -0.39 is 0 Å². The summed E-state index contributed by atoms with van der Waals surface area (Å²) < 4.78 is 0. The van der Waals surface area contributed by atoms with Crippen LogP contribution in [-0.4, -0.2) is 11.4 Å². The second-order valence-electron chi connectivity index (χ2n) is 20.4. The van der Waals surface area contributed by atoms with E-state index in [1.807, 2.05) is 0 Å². The van der Waals surface area contributed by atoms with Crippen molar-refractivity contribution in [2.75, 3.05) is 0 Å². The van der Waals surface area contributed by atoms with Crippen molar-refractivity contribution >= 4 is 22.8 Å². The summed E-state index contributed by atoms with van der Waals surface area (Å²) in [5.41, 5.74) is 7.35. The molecule has 0 aliphatic rings. The van der Waals surface area contributed by atoms with Gasteiger partial charge in [-0.1, -0.05) is 281 Å². The van der Waals surface area contributed by atoms with Crippen LogP contribution in [-0.2, 0) is 29.3 Å². The smallest absolute Gasteiger partial charge is 0.0665 e. The molecule has 2 nitrogen and oxygen atoms in total. The third-order valence-corrected chi connectivity index (χ3v) is 14.1. The monoisotopic (exact) mass is 977 g/mol. The zero-order chi connectivity index (χ0) is 47.8. The van der Waals surface area contributed by atoms with Gasteiger partial charge >= 0.3 is 0 Å². The molecule has 0 bridgehead atoms. The molecule has 390 valence electrons. The van der Waals surface area contributed by atoms with E-state index in [2.05, 4.69) is 101 Å². The zero-order valence-corrected chi connectivity index (χ0v) is 46.5. The summed E-state index contributed by atoms with van der Waals surface area (Å²) in [5.74, 6) is 0. The molecule has 68 heavy (non-hydrogen) atoms. The Morgan fingerprint density at radius 2 is 0.603 bits per heavy atom. The Balaban J connectivity index is 0.0000231. The van der Waals surface area contributed by atoms with Gasteiger partial charge < -0.3 is 0 Å². The van der Waals surface area contributed by atoms with Crippen molar-refractivity contribution in [3.05, 3.63) is 84.0 Å². The third kappa shape index (κ3) is 36.7. The summed E-state index contributed by atoms with van der Waals surface area (Å²) in [4.78, 5) is 10.8. The first-order valence-electron chi connectivity index (χ1n) is 29.8. The van der Waals surface area contributed by atoms with Gasteiger partial charge in [-0.2, -0.15) is 0 Å². The third-order valence-electron chi connectivity index (χ3n) is 14.1. The minimum atomic E-state index is 0. The van der Waals surface area contributed by atoms with Crippen molar-refractivity contribution in [3.8, 4) is 0 Å². The van der Waals surface area contributed by atoms with Crippen molar-refractivity contribution < 1.29 is 16.5 Å². The fourth-order valence-corrected chi connectivity index (χ4v) is 9.67. The quantitative estimate of drug-likeness (QED) is 0.0273. The fraction of sp³-hybridized carbons (Fsp3) is 0.723. The Morgan fingerprint density at radius 3 is 0.941 bits per heavy atom. The number of aliphatic imine (C=N–C) groups is 2. The average molecular weight is 978 g/mol. The number of aryl methyl sites for hydroxylation is 2. The van der Waals surface area contributed by atoms with E-state index in [1.54, 1.807) is 0 Å². The van der Waals surface area contributed by atoms with Crippen molar-refractivity contribution in [2.24, 2.45) is 9.98 Å². The van der Waals surface area contributed by atoms with E-state index in [0.29, 0.717) is 0 Å². The molecular weight excluding hydrogens is 867 g/mol. The minimum Gasteiger partial charge on any atom is -0.251 e. The Bertz CT molecular complexity index is 1500. The van der Waals surface area contributed by atoms with Crippen LogP contribution in [0.5, 0.6) is 0 Å². The number of allylic oxidation sites excluding steroid dienone is 4. The summed E-state index contributed by atoms with van der Waals surface area (Å²) >= 11 is 0. The predicted octanol–water partition coefficient (Wildman–Crippen LogP) is 22.8. The molecule has 0 N–H and O–H groups in total. The van der Waals surface area contributed by atoms with E-state index >= 15 is 0 Å². The van der Waals surface area contributed by atoms with Crippen LogP contribution in [0.3, 0.4) is 0 Å². The van der Waals surface area contributed by atoms with Crippen molar-refractivity contribution in [2.45, 2.75) is 304 Å². The van der Waals surface area contributed by atoms with Crippen LogP contribution in [0.1, 0.15) is 302 Å². The maximum absolute atomic E-state index is 5.45. The Hall–Kier alpha value is -2.25. The van der Waals surface area contributed by atoms with E-state index in [9.17, 15) is 0 Å². The van der Waals surface area contributed by atoms with Crippen LogP contribution in [0.25, 0.3) is 0 Å². The second-order valence-corrected chi connectivity index (χ2v) is 20.4. The number of hydrogen-bond donors (Lipinski definition) is 0. The molecule has 2 aromatic carbocycles. The van der Waals surface area contributed by atoms with Gasteiger partial charge in [0.2, 0.25) is 0 Å². The van der Waals surface area contributed by atoms with Gasteiger partial charge in [-0.3, -0.25) is 9.98 Å². The number of hydrogen-bond acceptors (Lipinski definition) is 2. The molecule has 0 unspecified atom stereocenters. The number of para-hydroxylation sites is 2. The van der Waals surface area contributed by atoms with Gasteiger partial charge in [0.25, 0.3) is 0 Å². The molecule has 0 atom stereocenters. The average Bonchev–Trinajstić information content (AvgIpc) is 3.35. The van der Waals surface area contributed by atoms with Gasteiger partial charge in [-0.15, -0.1) is 0 Å². The molecule has 2 rings (SSSR count). The topological polar surface area (TPSA) is 24.7 Å². The first-order chi connectivity index (χ1) is 33.2. The Labute approximate surface area is 434 Å². The van der Waals surface area contributed by atoms with E-state index in [0.717, 1.165) is 62.0 Å². The van der Waals surface area contributed by atoms with Crippen LogP contribution in [0, 0.1) is 0 Å². The predicted molar refractivity (Wildman–Crippen MR) is 305 cm³/mol. The number of nitrogens with zero attached hydrogens (tertiary/aromatic N) is 2. The summed E-state index contributed by atoms with van der Waals surface area (Å²) in [6.45, 7) is 9.17. The molecule has 0 amide bonds. The Kier molecular flexibility index (Phi) is 46.6. The molecule has 0 aromatic heterocycles. The molecule has 0 fully saturated rings. The van der Waals surface area contributed by atoms with Crippen LogP contribution in [0.2, 0.25) is 0 Å². The number of unbranched alkanes of at least 4 members (excludes halogenated alkanes) is 34. The summed E-state index contributed by atoms with van der Waals surface area (Å²) in [6, 6.07) is 17.8.